The number of methoxy groups -OCH3 is 2. The molecule has 7 heteroatoms. The van der Waals surface area contributed by atoms with Crippen LogP contribution in [0.1, 0.15) is 38.7 Å². The van der Waals surface area contributed by atoms with Crippen molar-refractivity contribution in [1.82, 2.24) is 5.32 Å². The molecule has 136 valence electrons. The fourth-order valence-electron chi connectivity index (χ4n) is 2.34. The molecule has 0 saturated heterocycles. The van der Waals surface area contributed by atoms with Gasteiger partial charge in [0.1, 0.15) is 0 Å². The summed E-state index contributed by atoms with van der Waals surface area (Å²) in [4.78, 5) is 36.0. The molecule has 0 aliphatic rings. The molecule has 2 rings (SSSR count). The molecule has 0 bridgehead atoms. The van der Waals surface area contributed by atoms with Crippen LogP contribution in [0.25, 0.3) is 0 Å². The van der Waals surface area contributed by atoms with Gasteiger partial charge in [0.05, 0.1) is 32.2 Å². The maximum absolute atomic E-state index is 12.6. The highest BCUT2D eigenvalue weighted by molar-refractivity contribution is 9.10. The lowest BCUT2D eigenvalue weighted by Gasteiger charge is -2.18. The number of ether oxygens (including phenoxy) is 2. The number of carbonyl (C=O) groups excluding carboxylic acids is 3. The monoisotopic (exact) mass is 419 g/mol. The first-order valence-corrected chi connectivity index (χ1v) is 8.55. The molecule has 6 nitrogen and oxygen atoms in total. The average Bonchev–Trinajstić information content (AvgIpc) is 2.67. The molecule has 0 aliphatic carbocycles. The number of esters is 2. The lowest BCUT2D eigenvalue weighted by Crippen LogP contribution is -2.30. The van der Waals surface area contributed by atoms with Crippen LogP contribution in [-0.4, -0.2) is 32.1 Å². The predicted molar refractivity (Wildman–Crippen MR) is 98.8 cm³/mol. The van der Waals surface area contributed by atoms with Crippen LogP contribution in [-0.2, 0) is 14.3 Å². The molecule has 1 N–H and O–H groups in total. The number of nitrogens with one attached hydrogen (secondary N) is 1. The minimum absolute atomic E-state index is 0.0133. The molecule has 0 spiro atoms. The van der Waals surface area contributed by atoms with Gasteiger partial charge in [0.15, 0.2) is 0 Å². The number of hydrogen-bond donors (Lipinski definition) is 1. The maximum Gasteiger partial charge on any atom is 0.337 e. The van der Waals surface area contributed by atoms with Crippen LogP contribution < -0.4 is 5.32 Å². The van der Waals surface area contributed by atoms with Gasteiger partial charge >= 0.3 is 11.9 Å². The molecule has 0 radical (unpaired) electrons. The van der Waals surface area contributed by atoms with Crippen molar-refractivity contribution in [1.29, 1.82) is 0 Å². The Morgan fingerprint density at radius 3 is 2.27 bits per heavy atom. The zero-order chi connectivity index (χ0) is 19.1. The molecule has 1 unspecified atom stereocenters. The van der Waals surface area contributed by atoms with Crippen LogP contribution in [0.15, 0.2) is 53.0 Å². The molecule has 0 aromatic heterocycles. The first-order valence-electron chi connectivity index (χ1n) is 7.76. The fourth-order valence-corrected chi connectivity index (χ4v) is 2.61. The lowest BCUT2D eigenvalue weighted by molar-refractivity contribution is -0.141. The van der Waals surface area contributed by atoms with E-state index in [1.807, 2.05) is 24.3 Å². The highest BCUT2D eigenvalue weighted by Gasteiger charge is 2.20. The number of rotatable bonds is 6. The number of hydrogen-bond acceptors (Lipinski definition) is 5. The zero-order valence-electron chi connectivity index (χ0n) is 14.3. The van der Waals surface area contributed by atoms with Gasteiger partial charge in [-0.05, 0) is 35.9 Å². The smallest absolute Gasteiger partial charge is 0.337 e. The van der Waals surface area contributed by atoms with E-state index in [4.69, 9.17) is 4.74 Å². The first kappa shape index (κ1) is 19.7. The van der Waals surface area contributed by atoms with Gasteiger partial charge in [-0.1, -0.05) is 34.1 Å². The summed E-state index contributed by atoms with van der Waals surface area (Å²) in [6, 6.07) is 12.9. The van der Waals surface area contributed by atoms with Crippen molar-refractivity contribution in [2.45, 2.75) is 12.5 Å². The maximum atomic E-state index is 12.6. The van der Waals surface area contributed by atoms with E-state index in [2.05, 4.69) is 26.0 Å². The molecule has 0 saturated carbocycles. The fraction of sp³-hybridized carbons (Fsp3) is 0.211. The van der Waals surface area contributed by atoms with E-state index in [1.165, 1.54) is 20.3 Å². The molecule has 2 aromatic carbocycles. The number of amides is 1. The molecule has 2 aromatic rings. The Morgan fingerprint density at radius 2 is 1.65 bits per heavy atom. The third-order valence-corrected chi connectivity index (χ3v) is 4.25. The van der Waals surface area contributed by atoms with E-state index in [0.717, 1.165) is 10.0 Å². The third-order valence-electron chi connectivity index (χ3n) is 3.72. The van der Waals surface area contributed by atoms with Gasteiger partial charge in [-0.3, -0.25) is 9.59 Å². The van der Waals surface area contributed by atoms with Crippen molar-refractivity contribution in [2.75, 3.05) is 14.2 Å². The lowest BCUT2D eigenvalue weighted by atomic mass is 10.0. The molecule has 26 heavy (non-hydrogen) atoms. The van der Waals surface area contributed by atoms with Crippen molar-refractivity contribution in [3.8, 4) is 0 Å². The summed E-state index contributed by atoms with van der Waals surface area (Å²) in [7, 11) is 2.57. The van der Waals surface area contributed by atoms with Crippen molar-refractivity contribution in [2.24, 2.45) is 0 Å². The van der Waals surface area contributed by atoms with Crippen molar-refractivity contribution in [3.63, 3.8) is 0 Å². The summed E-state index contributed by atoms with van der Waals surface area (Å²) in [6.07, 6.45) is -0.0133. The molecular weight excluding hydrogens is 402 g/mol. The second kappa shape index (κ2) is 9.15. The Balaban J connectivity index is 2.24. The predicted octanol–water partition coefficient (Wildman–Crippen LogP) is 3.27. The molecule has 0 aliphatic heterocycles. The average molecular weight is 420 g/mol. The van der Waals surface area contributed by atoms with Crippen molar-refractivity contribution in [3.05, 3.63) is 69.7 Å². The van der Waals surface area contributed by atoms with E-state index < -0.39 is 23.9 Å². The minimum atomic E-state index is -0.565. The largest absolute Gasteiger partial charge is 0.469 e. The van der Waals surface area contributed by atoms with Crippen LogP contribution in [0, 0.1) is 0 Å². The van der Waals surface area contributed by atoms with E-state index in [9.17, 15) is 14.4 Å². The number of benzene rings is 2. The SMILES string of the molecule is COC(=O)CC(NC(=O)c1cccc(C(=O)OC)c1)c1ccc(Br)cc1. The van der Waals surface area contributed by atoms with Gasteiger partial charge in [0.25, 0.3) is 5.91 Å². The summed E-state index contributed by atoms with van der Waals surface area (Å²) in [6.45, 7) is 0. The molecule has 0 fully saturated rings. The minimum Gasteiger partial charge on any atom is -0.469 e. The Morgan fingerprint density at radius 1 is 1.00 bits per heavy atom. The molecule has 0 heterocycles. The van der Waals surface area contributed by atoms with Gasteiger partial charge < -0.3 is 14.8 Å². The summed E-state index contributed by atoms with van der Waals surface area (Å²) >= 11 is 3.35. The number of carbonyl (C=O) groups is 3. The van der Waals surface area contributed by atoms with Crippen LogP contribution in [0.5, 0.6) is 0 Å². The van der Waals surface area contributed by atoms with Crippen molar-refractivity contribution < 1.29 is 23.9 Å². The Hall–Kier alpha value is -2.67. The zero-order valence-corrected chi connectivity index (χ0v) is 15.9. The van der Waals surface area contributed by atoms with Gasteiger partial charge in [-0.15, -0.1) is 0 Å². The van der Waals surface area contributed by atoms with Crippen LogP contribution in [0.3, 0.4) is 0 Å². The van der Waals surface area contributed by atoms with Gasteiger partial charge in [-0.2, -0.15) is 0 Å². The van der Waals surface area contributed by atoms with Crippen LogP contribution in [0.4, 0.5) is 0 Å². The second-order valence-electron chi connectivity index (χ2n) is 5.43. The molecular formula is C19H18BrNO5. The third kappa shape index (κ3) is 5.16. The quantitative estimate of drug-likeness (QED) is 0.726. The summed E-state index contributed by atoms with van der Waals surface area (Å²) in [5.41, 5.74) is 1.32. The van der Waals surface area contributed by atoms with E-state index in [1.54, 1.807) is 18.2 Å². The van der Waals surface area contributed by atoms with Gasteiger partial charge in [-0.25, -0.2) is 4.79 Å². The van der Waals surface area contributed by atoms with E-state index in [0.29, 0.717) is 5.56 Å². The van der Waals surface area contributed by atoms with Crippen molar-refractivity contribution >= 4 is 33.8 Å². The normalized spacial score (nSPS) is 11.3. The van der Waals surface area contributed by atoms with E-state index in [-0.39, 0.29) is 12.0 Å². The molecule has 1 atom stereocenters. The topological polar surface area (TPSA) is 81.7 Å². The van der Waals surface area contributed by atoms with E-state index >= 15 is 0 Å². The highest BCUT2D eigenvalue weighted by atomic mass is 79.9. The summed E-state index contributed by atoms with van der Waals surface area (Å²) < 4.78 is 10.3. The Kier molecular flexibility index (Phi) is 6.91. The number of halogens is 1. The second-order valence-corrected chi connectivity index (χ2v) is 6.35. The summed E-state index contributed by atoms with van der Waals surface area (Å²) in [5.74, 6) is -1.38. The Labute approximate surface area is 159 Å². The summed E-state index contributed by atoms with van der Waals surface area (Å²) in [5, 5.41) is 2.81. The first-order chi connectivity index (χ1) is 12.4. The van der Waals surface area contributed by atoms with Gasteiger partial charge in [0.2, 0.25) is 0 Å². The Bertz CT molecular complexity index is 804. The van der Waals surface area contributed by atoms with Crippen LogP contribution >= 0.6 is 15.9 Å². The van der Waals surface area contributed by atoms with Crippen LogP contribution in [0.2, 0.25) is 0 Å². The molecule has 1 amide bonds. The highest BCUT2D eigenvalue weighted by Crippen LogP contribution is 2.21. The van der Waals surface area contributed by atoms with Gasteiger partial charge in [0, 0.05) is 10.0 Å². The standard InChI is InChI=1S/C19H18BrNO5/c1-25-17(22)11-16(12-6-8-15(20)9-7-12)21-18(23)13-4-3-5-14(10-13)19(24)26-2/h3-10,16H,11H2,1-2H3,(H,21,23).